The summed E-state index contributed by atoms with van der Waals surface area (Å²) in [5, 5.41) is 3.11. The third-order valence-corrected chi connectivity index (χ3v) is 5.43. The molecule has 0 spiro atoms. The average Bonchev–Trinajstić information content (AvgIpc) is 3.12. The summed E-state index contributed by atoms with van der Waals surface area (Å²) in [6.45, 7) is 2.05. The molecule has 26 heavy (non-hydrogen) atoms. The van der Waals surface area contributed by atoms with Gasteiger partial charge < -0.3 is 5.32 Å². The van der Waals surface area contributed by atoms with E-state index >= 15 is 0 Å². The molecule has 1 atom stereocenters. The second-order valence-electron chi connectivity index (χ2n) is 7.25. The zero-order valence-corrected chi connectivity index (χ0v) is 14.9. The summed E-state index contributed by atoms with van der Waals surface area (Å²) in [7, 11) is 0. The van der Waals surface area contributed by atoms with E-state index in [-0.39, 0.29) is 11.9 Å². The van der Waals surface area contributed by atoms with Crippen molar-refractivity contribution in [1.82, 2.24) is 10.2 Å². The van der Waals surface area contributed by atoms with Crippen LogP contribution in [-0.2, 0) is 17.6 Å². The minimum Gasteiger partial charge on any atom is -0.341 e. The summed E-state index contributed by atoms with van der Waals surface area (Å²) < 4.78 is 0. The lowest BCUT2D eigenvalue weighted by Crippen LogP contribution is -2.51. The van der Waals surface area contributed by atoms with Crippen LogP contribution in [0.4, 0.5) is 0 Å². The van der Waals surface area contributed by atoms with E-state index in [1.165, 1.54) is 11.1 Å². The first-order chi connectivity index (χ1) is 12.8. The van der Waals surface area contributed by atoms with Crippen molar-refractivity contribution in [2.24, 2.45) is 0 Å². The van der Waals surface area contributed by atoms with Gasteiger partial charge in [0.15, 0.2) is 0 Å². The van der Waals surface area contributed by atoms with Crippen molar-refractivity contribution in [1.29, 1.82) is 0 Å². The van der Waals surface area contributed by atoms with E-state index in [2.05, 4.69) is 46.3 Å². The van der Waals surface area contributed by atoms with E-state index in [4.69, 9.17) is 0 Å². The fourth-order valence-corrected chi connectivity index (χ4v) is 4.12. The van der Waals surface area contributed by atoms with Gasteiger partial charge in [0.2, 0.25) is 0 Å². The molecule has 1 heterocycles. The maximum absolute atomic E-state index is 12.2. The number of likely N-dealkylation sites (tertiary alicyclic amines) is 1. The number of benzene rings is 2. The minimum atomic E-state index is -0.171. The number of nitrogens with zero attached hydrogens (tertiary/aromatic N) is 1. The van der Waals surface area contributed by atoms with Crippen LogP contribution >= 0.6 is 0 Å². The Morgan fingerprint density at radius 3 is 2.42 bits per heavy atom. The first-order valence-electron chi connectivity index (χ1n) is 9.46. The van der Waals surface area contributed by atoms with Gasteiger partial charge in [0.1, 0.15) is 0 Å². The molecule has 1 amide bonds. The van der Waals surface area contributed by atoms with Gasteiger partial charge in [0.25, 0.3) is 5.91 Å². The second kappa shape index (κ2) is 7.76. The molecule has 1 aliphatic carbocycles. The topological polar surface area (TPSA) is 32.3 Å². The van der Waals surface area contributed by atoms with Crippen molar-refractivity contribution in [3.63, 3.8) is 0 Å². The number of hydrogen-bond donors (Lipinski definition) is 1. The number of carbonyl (C=O) groups excluding carboxylic acids is 1. The molecule has 0 bridgehead atoms. The molecule has 1 unspecified atom stereocenters. The van der Waals surface area contributed by atoms with E-state index in [9.17, 15) is 4.79 Å². The summed E-state index contributed by atoms with van der Waals surface area (Å²) >= 11 is 0. The predicted molar refractivity (Wildman–Crippen MR) is 104 cm³/mol. The first kappa shape index (κ1) is 16.9. The Morgan fingerprint density at radius 1 is 1.00 bits per heavy atom. The Labute approximate surface area is 155 Å². The quantitative estimate of drug-likeness (QED) is 0.850. The largest absolute Gasteiger partial charge is 0.341 e. The third-order valence-electron chi connectivity index (χ3n) is 5.43. The highest BCUT2D eigenvalue weighted by molar-refractivity contribution is 5.94. The molecule has 1 aliphatic heterocycles. The molecular formula is C23H24N2O. The second-order valence-corrected chi connectivity index (χ2v) is 7.25. The van der Waals surface area contributed by atoms with Gasteiger partial charge in [-0.15, -0.1) is 0 Å². The lowest BCUT2D eigenvalue weighted by Gasteiger charge is -2.36. The van der Waals surface area contributed by atoms with Gasteiger partial charge in [0.05, 0.1) is 0 Å². The molecule has 1 saturated heterocycles. The van der Waals surface area contributed by atoms with Crippen LogP contribution in [0.5, 0.6) is 0 Å². The fraction of sp³-hybridized carbons (Fsp3) is 0.348. The van der Waals surface area contributed by atoms with Crippen LogP contribution < -0.4 is 5.32 Å². The number of nitrogens with one attached hydrogen (secondary N) is 1. The van der Waals surface area contributed by atoms with E-state index in [1.807, 2.05) is 30.3 Å². The molecule has 3 heteroatoms. The van der Waals surface area contributed by atoms with Crippen LogP contribution in [-0.4, -0.2) is 36.0 Å². The number of hydrogen-bond acceptors (Lipinski definition) is 2. The predicted octanol–water partition coefficient (Wildman–Crippen LogP) is 2.79. The Balaban J connectivity index is 1.33. The van der Waals surface area contributed by atoms with Crippen LogP contribution in [0.3, 0.4) is 0 Å². The van der Waals surface area contributed by atoms with E-state index in [0.29, 0.717) is 6.04 Å². The van der Waals surface area contributed by atoms with Crippen molar-refractivity contribution in [3.05, 3.63) is 71.3 Å². The molecule has 1 fully saturated rings. The van der Waals surface area contributed by atoms with Crippen molar-refractivity contribution >= 4 is 5.91 Å². The van der Waals surface area contributed by atoms with Crippen molar-refractivity contribution in [3.8, 4) is 11.8 Å². The molecule has 2 aromatic carbocycles. The highest BCUT2D eigenvalue weighted by Crippen LogP contribution is 2.27. The van der Waals surface area contributed by atoms with E-state index in [1.54, 1.807) is 0 Å². The van der Waals surface area contributed by atoms with Crippen LogP contribution in [0.2, 0.25) is 0 Å². The summed E-state index contributed by atoms with van der Waals surface area (Å²) in [5.74, 6) is 5.49. The van der Waals surface area contributed by atoms with Gasteiger partial charge in [-0.25, -0.2) is 0 Å². The Morgan fingerprint density at radius 2 is 1.69 bits per heavy atom. The Hall–Kier alpha value is -2.57. The maximum atomic E-state index is 12.2. The standard InChI is InChI=1S/C23H24N2O/c26-23(13-12-18-7-2-1-3-8-18)24-21-11-6-14-25(17-21)22-15-19-9-4-5-10-20(19)16-22/h1-5,7-10,21-22H,6,11,14-17H2,(H,24,26). The molecule has 132 valence electrons. The van der Waals surface area contributed by atoms with Gasteiger partial charge in [-0.1, -0.05) is 48.4 Å². The van der Waals surface area contributed by atoms with Crippen LogP contribution in [0, 0.1) is 11.8 Å². The van der Waals surface area contributed by atoms with Crippen molar-refractivity contribution in [2.45, 2.75) is 37.8 Å². The molecule has 2 aromatic rings. The molecule has 0 aromatic heterocycles. The summed E-state index contributed by atoms with van der Waals surface area (Å²) in [6.07, 6.45) is 4.42. The van der Waals surface area contributed by atoms with Gasteiger partial charge >= 0.3 is 0 Å². The van der Waals surface area contributed by atoms with E-state index in [0.717, 1.165) is 44.3 Å². The summed E-state index contributed by atoms with van der Waals surface area (Å²) in [6, 6.07) is 19.2. The van der Waals surface area contributed by atoms with Gasteiger partial charge in [-0.05, 0) is 55.5 Å². The number of piperidine rings is 1. The Kier molecular flexibility index (Phi) is 5.04. The zero-order chi connectivity index (χ0) is 17.8. The van der Waals surface area contributed by atoms with Gasteiger partial charge in [-0.3, -0.25) is 9.69 Å². The lowest BCUT2D eigenvalue weighted by molar-refractivity contribution is -0.116. The van der Waals surface area contributed by atoms with E-state index < -0.39 is 0 Å². The van der Waals surface area contributed by atoms with Crippen LogP contribution in [0.15, 0.2) is 54.6 Å². The van der Waals surface area contributed by atoms with Gasteiger partial charge in [0, 0.05) is 30.1 Å². The number of rotatable bonds is 2. The number of fused-ring (bicyclic) bond motifs is 1. The molecule has 1 N–H and O–H groups in total. The Bertz CT molecular complexity index is 809. The molecule has 0 radical (unpaired) electrons. The number of amides is 1. The maximum Gasteiger partial charge on any atom is 0.296 e. The molecular weight excluding hydrogens is 320 g/mol. The SMILES string of the molecule is O=C(C#Cc1ccccc1)NC1CCCN(C2Cc3ccccc3C2)C1. The number of carbonyl (C=O) groups is 1. The average molecular weight is 344 g/mol. The van der Waals surface area contributed by atoms with Crippen molar-refractivity contribution in [2.75, 3.05) is 13.1 Å². The van der Waals surface area contributed by atoms with Crippen LogP contribution in [0.25, 0.3) is 0 Å². The monoisotopic (exact) mass is 344 g/mol. The highest BCUT2D eigenvalue weighted by atomic mass is 16.1. The smallest absolute Gasteiger partial charge is 0.296 e. The molecule has 0 saturated carbocycles. The summed E-state index contributed by atoms with van der Waals surface area (Å²) in [4.78, 5) is 14.7. The molecule has 4 rings (SSSR count). The van der Waals surface area contributed by atoms with Gasteiger partial charge in [-0.2, -0.15) is 0 Å². The molecule has 2 aliphatic rings. The van der Waals surface area contributed by atoms with Crippen molar-refractivity contribution < 1.29 is 4.79 Å². The van der Waals surface area contributed by atoms with Crippen LogP contribution in [0.1, 0.15) is 29.5 Å². The minimum absolute atomic E-state index is 0.171. The normalized spacial score (nSPS) is 20.1. The molecule has 3 nitrogen and oxygen atoms in total. The zero-order valence-electron chi connectivity index (χ0n) is 14.9. The first-order valence-corrected chi connectivity index (χ1v) is 9.46. The highest BCUT2D eigenvalue weighted by Gasteiger charge is 2.30. The fourth-order valence-electron chi connectivity index (χ4n) is 4.12. The third kappa shape index (κ3) is 3.98. The lowest BCUT2D eigenvalue weighted by atomic mass is 10.0. The summed E-state index contributed by atoms with van der Waals surface area (Å²) in [5.41, 5.74) is 3.84.